The van der Waals surface area contributed by atoms with Gasteiger partial charge in [-0.25, -0.2) is 0 Å². The van der Waals surface area contributed by atoms with E-state index in [0.29, 0.717) is 35.2 Å². The third kappa shape index (κ3) is 7.44. The second-order valence-corrected chi connectivity index (χ2v) is 9.65. The fourth-order valence-electron chi connectivity index (χ4n) is 4.42. The average Bonchev–Trinajstić information content (AvgIpc) is 3.30. The number of halogens is 1. The standard InChI is InChI=1S/C27H33ClN4O5/c1-19-23(28)4-2-5-24(19)30-25(33)18-37-22-8-6-21(7-9-22)32-17-20(16-26(32)34)27(35)29-10-3-11-31-12-14-36-15-13-31/h2,4-9,20H,3,10-18H2,1H3,(H,29,35)(H,30,33)/t20-/m0/s1. The van der Waals surface area contributed by atoms with Crippen LogP contribution in [0.3, 0.4) is 0 Å². The van der Waals surface area contributed by atoms with Gasteiger partial charge in [-0.2, -0.15) is 0 Å². The van der Waals surface area contributed by atoms with E-state index in [1.54, 1.807) is 47.4 Å². The predicted molar refractivity (Wildman–Crippen MR) is 142 cm³/mol. The molecule has 0 spiro atoms. The topological polar surface area (TPSA) is 100 Å². The zero-order chi connectivity index (χ0) is 26.2. The fourth-order valence-corrected chi connectivity index (χ4v) is 4.59. The molecule has 2 fully saturated rings. The molecule has 2 heterocycles. The fraction of sp³-hybridized carbons (Fsp3) is 0.444. The number of hydrogen-bond donors (Lipinski definition) is 2. The van der Waals surface area contributed by atoms with Gasteiger partial charge in [0.2, 0.25) is 11.8 Å². The maximum Gasteiger partial charge on any atom is 0.262 e. The minimum atomic E-state index is -0.370. The van der Waals surface area contributed by atoms with Crippen molar-refractivity contribution in [2.24, 2.45) is 5.92 Å². The molecule has 2 aliphatic rings. The van der Waals surface area contributed by atoms with E-state index in [1.807, 2.05) is 6.92 Å². The van der Waals surface area contributed by atoms with Crippen molar-refractivity contribution in [3.63, 3.8) is 0 Å². The molecular weight excluding hydrogens is 496 g/mol. The number of morpholine rings is 1. The zero-order valence-electron chi connectivity index (χ0n) is 21.0. The molecule has 37 heavy (non-hydrogen) atoms. The van der Waals surface area contributed by atoms with Crippen molar-refractivity contribution in [2.75, 3.05) is 62.8 Å². The summed E-state index contributed by atoms with van der Waals surface area (Å²) >= 11 is 6.09. The quantitative estimate of drug-likeness (QED) is 0.460. The summed E-state index contributed by atoms with van der Waals surface area (Å²) in [7, 11) is 0. The number of amides is 3. The highest BCUT2D eigenvalue weighted by Crippen LogP contribution is 2.27. The van der Waals surface area contributed by atoms with Crippen molar-refractivity contribution < 1.29 is 23.9 Å². The number of carbonyl (C=O) groups excluding carboxylic acids is 3. The number of rotatable bonds is 10. The van der Waals surface area contributed by atoms with E-state index in [9.17, 15) is 14.4 Å². The summed E-state index contributed by atoms with van der Waals surface area (Å²) in [4.78, 5) is 41.4. The largest absolute Gasteiger partial charge is 0.484 e. The smallest absolute Gasteiger partial charge is 0.262 e. The van der Waals surface area contributed by atoms with Gasteiger partial charge in [-0.05, 0) is 61.9 Å². The molecule has 198 valence electrons. The molecule has 0 unspecified atom stereocenters. The predicted octanol–water partition coefficient (Wildman–Crippen LogP) is 2.86. The van der Waals surface area contributed by atoms with Gasteiger partial charge >= 0.3 is 0 Å². The van der Waals surface area contributed by atoms with Crippen LogP contribution in [0.15, 0.2) is 42.5 Å². The molecular formula is C27H33ClN4O5. The molecule has 4 rings (SSSR count). The molecule has 2 N–H and O–H groups in total. The molecule has 2 aromatic carbocycles. The van der Waals surface area contributed by atoms with E-state index in [1.165, 1.54) is 0 Å². The Bertz CT molecular complexity index is 1100. The molecule has 10 heteroatoms. The van der Waals surface area contributed by atoms with Gasteiger partial charge in [0.25, 0.3) is 5.91 Å². The first-order valence-electron chi connectivity index (χ1n) is 12.6. The molecule has 0 radical (unpaired) electrons. The van der Waals surface area contributed by atoms with Gasteiger partial charge in [-0.3, -0.25) is 19.3 Å². The van der Waals surface area contributed by atoms with Crippen LogP contribution in [0.2, 0.25) is 5.02 Å². The zero-order valence-corrected chi connectivity index (χ0v) is 21.8. The molecule has 1 atom stereocenters. The number of hydrogen-bond acceptors (Lipinski definition) is 6. The van der Waals surface area contributed by atoms with Crippen LogP contribution in [0.4, 0.5) is 11.4 Å². The van der Waals surface area contributed by atoms with E-state index < -0.39 is 0 Å². The summed E-state index contributed by atoms with van der Waals surface area (Å²) in [5.41, 5.74) is 2.12. The van der Waals surface area contributed by atoms with Gasteiger partial charge in [0.15, 0.2) is 6.61 Å². The molecule has 2 aliphatic heterocycles. The van der Waals surface area contributed by atoms with Crippen LogP contribution < -0.4 is 20.3 Å². The molecule has 0 saturated carbocycles. The molecule has 9 nitrogen and oxygen atoms in total. The Morgan fingerprint density at radius 2 is 1.89 bits per heavy atom. The SMILES string of the molecule is Cc1c(Cl)cccc1NC(=O)COc1ccc(N2C[C@@H](C(=O)NCCCN3CCOCC3)CC2=O)cc1. The number of anilines is 2. The first-order chi connectivity index (χ1) is 17.9. The van der Waals surface area contributed by atoms with Crippen molar-refractivity contribution in [2.45, 2.75) is 19.8 Å². The third-order valence-electron chi connectivity index (χ3n) is 6.61. The first kappa shape index (κ1) is 26.9. The number of carbonyl (C=O) groups is 3. The number of ether oxygens (including phenoxy) is 2. The summed E-state index contributed by atoms with van der Waals surface area (Å²) in [5.74, 6) is -0.339. The lowest BCUT2D eigenvalue weighted by Gasteiger charge is -2.26. The Balaban J connectivity index is 1.20. The molecule has 0 bridgehead atoms. The Morgan fingerprint density at radius 3 is 2.65 bits per heavy atom. The van der Waals surface area contributed by atoms with E-state index in [2.05, 4.69) is 15.5 Å². The normalized spacial score (nSPS) is 18.1. The molecule has 3 amide bonds. The van der Waals surface area contributed by atoms with Gasteiger partial charge in [-0.15, -0.1) is 0 Å². The summed E-state index contributed by atoms with van der Waals surface area (Å²) in [6.45, 7) is 6.92. The van der Waals surface area contributed by atoms with Crippen LogP contribution in [0, 0.1) is 12.8 Å². The van der Waals surface area contributed by atoms with E-state index in [0.717, 1.165) is 44.8 Å². The molecule has 0 aliphatic carbocycles. The maximum atomic E-state index is 12.6. The van der Waals surface area contributed by atoms with E-state index >= 15 is 0 Å². The van der Waals surface area contributed by atoms with Gasteiger partial charge in [0.1, 0.15) is 5.75 Å². The van der Waals surface area contributed by atoms with Crippen LogP contribution in [-0.4, -0.2) is 75.2 Å². The van der Waals surface area contributed by atoms with Crippen LogP contribution in [-0.2, 0) is 19.1 Å². The van der Waals surface area contributed by atoms with Gasteiger partial charge in [0, 0.05) is 49.0 Å². The van der Waals surface area contributed by atoms with Crippen molar-refractivity contribution >= 4 is 40.7 Å². The minimum Gasteiger partial charge on any atom is -0.484 e. The highest BCUT2D eigenvalue weighted by Gasteiger charge is 2.35. The lowest BCUT2D eigenvalue weighted by atomic mass is 10.1. The molecule has 2 aromatic rings. The van der Waals surface area contributed by atoms with Crippen LogP contribution in [0.5, 0.6) is 5.75 Å². The first-order valence-corrected chi connectivity index (χ1v) is 12.9. The lowest BCUT2D eigenvalue weighted by Crippen LogP contribution is -2.39. The van der Waals surface area contributed by atoms with Crippen molar-refractivity contribution in [3.8, 4) is 5.75 Å². The Labute approximate surface area is 222 Å². The van der Waals surface area contributed by atoms with Crippen LogP contribution in [0.1, 0.15) is 18.4 Å². The van der Waals surface area contributed by atoms with Gasteiger partial charge in [0.05, 0.1) is 19.1 Å². The molecule has 2 saturated heterocycles. The Hall–Kier alpha value is -3.14. The van der Waals surface area contributed by atoms with Crippen molar-refractivity contribution in [1.29, 1.82) is 0 Å². The van der Waals surface area contributed by atoms with E-state index in [4.69, 9.17) is 21.1 Å². The van der Waals surface area contributed by atoms with Crippen LogP contribution >= 0.6 is 11.6 Å². The number of nitrogens with zero attached hydrogens (tertiary/aromatic N) is 2. The Kier molecular flexibility index (Phi) is 9.38. The summed E-state index contributed by atoms with van der Waals surface area (Å²) < 4.78 is 10.9. The van der Waals surface area contributed by atoms with Gasteiger partial charge in [-0.1, -0.05) is 17.7 Å². The average molecular weight is 529 g/mol. The maximum absolute atomic E-state index is 12.6. The van der Waals surface area contributed by atoms with E-state index in [-0.39, 0.29) is 36.7 Å². The Morgan fingerprint density at radius 1 is 1.14 bits per heavy atom. The van der Waals surface area contributed by atoms with Gasteiger partial charge < -0.3 is 25.0 Å². The summed E-state index contributed by atoms with van der Waals surface area (Å²) in [6, 6.07) is 12.2. The highest BCUT2D eigenvalue weighted by atomic mass is 35.5. The second kappa shape index (κ2) is 12.9. The summed E-state index contributed by atoms with van der Waals surface area (Å²) in [6.07, 6.45) is 1.06. The minimum absolute atomic E-state index is 0.0845. The van der Waals surface area contributed by atoms with Crippen LogP contribution in [0.25, 0.3) is 0 Å². The number of benzene rings is 2. The second-order valence-electron chi connectivity index (χ2n) is 9.25. The number of nitrogens with one attached hydrogen (secondary N) is 2. The monoisotopic (exact) mass is 528 g/mol. The highest BCUT2D eigenvalue weighted by molar-refractivity contribution is 6.31. The van der Waals surface area contributed by atoms with Crippen molar-refractivity contribution in [3.05, 3.63) is 53.1 Å². The summed E-state index contributed by atoms with van der Waals surface area (Å²) in [5, 5.41) is 6.34. The van der Waals surface area contributed by atoms with Crippen molar-refractivity contribution in [1.82, 2.24) is 10.2 Å². The molecule has 0 aromatic heterocycles. The lowest BCUT2D eigenvalue weighted by molar-refractivity contribution is -0.126. The third-order valence-corrected chi connectivity index (χ3v) is 7.02.